The Hall–Kier alpha value is -1.88. The summed E-state index contributed by atoms with van der Waals surface area (Å²) in [5, 5.41) is 4.80. The number of para-hydroxylation sites is 2. The van der Waals surface area contributed by atoms with Crippen LogP contribution in [0.2, 0.25) is 0 Å². The summed E-state index contributed by atoms with van der Waals surface area (Å²) in [4.78, 5) is 18.0. The summed E-state index contributed by atoms with van der Waals surface area (Å²) >= 11 is 1.50. The monoisotopic (exact) mass is 261 g/mol. The second kappa shape index (κ2) is 5.64. The quantitative estimate of drug-likeness (QED) is 0.919. The number of hydrogen-bond acceptors (Lipinski definition) is 4. The van der Waals surface area contributed by atoms with E-state index in [0.717, 1.165) is 17.1 Å². The number of thiazole rings is 1. The fourth-order valence-corrected chi connectivity index (χ4v) is 2.21. The summed E-state index contributed by atoms with van der Waals surface area (Å²) in [5.41, 5.74) is 4.35. The molecule has 1 aromatic heterocycles. The van der Waals surface area contributed by atoms with Gasteiger partial charge in [0.05, 0.1) is 29.0 Å². The van der Waals surface area contributed by atoms with Crippen molar-refractivity contribution >= 4 is 28.6 Å². The van der Waals surface area contributed by atoms with E-state index < -0.39 is 0 Å². The fraction of sp³-hybridized carbons (Fsp3) is 0.231. The van der Waals surface area contributed by atoms with Gasteiger partial charge in [-0.15, -0.1) is 11.3 Å². The van der Waals surface area contributed by atoms with Gasteiger partial charge in [0.2, 0.25) is 5.91 Å². The Morgan fingerprint density at radius 2 is 2.17 bits per heavy atom. The Morgan fingerprint density at radius 3 is 2.83 bits per heavy atom. The van der Waals surface area contributed by atoms with E-state index in [0.29, 0.717) is 6.42 Å². The molecule has 5 heteroatoms. The first kappa shape index (κ1) is 12.6. The molecule has 4 nitrogen and oxygen atoms in total. The SMILES string of the molecule is CN(C)c1ccccc1NC(=O)Cc1cscn1. The van der Waals surface area contributed by atoms with Gasteiger partial charge in [-0.2, -0.15) is 0 Å². The molecule has 0 saturated heterocycles. The van der Waals surface area contributed by atoms with Crippen LogP contribution in [0.4, 0.5) is 11.4 Å². The van der Waals surface area contributed by atoms with Crippen LogP contribution in [-0.4, -0.2) is 25.0 Å². The van der Waals surface area contributed by atoms with Crippen LogP contribution >= 0.6 is 11.3 Å². The van der Waals surface area contributed by atoms with Crippen molar-refractivity contribution in [2.75, 3.05) is 24.3 Å². The molecule has 1 amide bonds. The first-order chi connectivity index (χ1) is 8.66. The number of hydrogen-bond donors (Lipinski definition) is 1. The van der Waals surface area contributed by atoms with Gasteiger partial charge in [-0.3, -0.25) is 4.79 Å². The van der Waals surface area contributed by atoms with Crippen LogP contribution in [0.5, 0.6) is 0 Å². The molecular formula is C13H15N3OS. The molecule has 0 bridgehead atoms. The third kappa shape index (κ3) is 3.07. The molecule has 0 aliphatic carbocycles. The van der Waals surface area contributed by atoms with E-state index in [-0.39, 0.29) is 5.91 Å². The van der Waals surface area contributed by atoms with Crippen molar-refractivity contribution in [1.82, 2.24) is 4.98 Å². The standard InChI is InChI=1S/C13H15N3OS/c1-16(2)12-6-4-3-5-11(12)15-13(17)7-10-8-18-9-14-10/h3-6,8-9H,7H2,1-2H3,(H,15,17). The fourth-order valence-electron chi connectivity index (χ4n) is 1.65. The number of benzene rings is 1. The van der Waals surface area contributed by atoms with E-state index in [1.165, 1.54) is 11.3 Å². The second-order valence-corrected chi connectivity index (χ2v) is 4.83. The van der Waals surface area contributed by atoms with E-state index in [4.69, 9.17) is 0 Å². The Bertz CT molecular complexity index is 523. The molecule has 94 valence electrons. The first-order valence-corrected chi connectivity index (χ1v) is 6.54. The van der Waals surface area contributed by atoms with Gasteiger partial charge in [0.1, 0.15) is 0 Å². The number of rotatable bonds is 4. The molecule has 0 atom stereocenters. The van der Waals surface area contributed by atoms with Gasteiger partial charge < -0.3 is 10.2 Å². The highest BCUT2D eigenvalue weighted by molar-refractivity contribution is 7.07. The lowest BCUT2D eigenvalue weighted by atomic mass is 10.2. The summed E-state index contributed by atoms with van der Waals surface area (Å²) in [7, 11) is 3.90. The van der Waals surface area contributed by atoms with Gasteiger partial charge in [0.25, 0.3) is 0 Å². The van der Waals surface area contributed by atoms with Gasteiger partial charge in [-0.05, 0) is 12.1 Å². The highest BCUT2D eigenvalue weighted by Crippen LogP contribution is 2.23. The molecule has 0 radical (unpaired) electrons. The predicted octanol–water partition coefficient (Wildman–Crippen LogP) is 2.39. The van der Waals surface area contributed by atoms with Crippen molar-refractivity contribution in [1.29, 1.82) is 0 Å². The van der Waals surface area contributed by atoms with Gasteiger partial charge >= 0.3 is 0 Å². The molecule has 0 spiro atoms. The van der Waals surface area contributed by atoms with Crippen molar-refractivity contribution < 1.29 is 4.79 Å². The number of amides is 1. The second-order valence-electron chi connectivity index (χ2n) is 4.12. The zero-order chi connectivity index (χ0) is 13.0. The molecule has 0 aliphatic rings. The van der Waals surface area contributed by atoms with Crippen LogP contribution in [0.3, 0.4) is 0 Å². The van der Waals surface area contributed by atoms with E-state index in [2.05, 4.69) is 10.3 Å². The Morgan fingerprint density at radius 1 is 1.39 bits per heavy atom. The van der Waals surface area contributed by atoms with E-state index in [1.54, 1.807) is 5.51 Å². The molecule has 1 aromatic carbocycles. The number of nitrogens with zero attached hydrogens (tertiary/aromatic N) is 2. The summed E-state index contributed by atoms with van der Waals surface area (Å²) in [5.74, 6) is -0.0461. The van der Waals surface area contributed by atoms with Crippen LogP contribution in [0.25, 0.3) is 0 Å². The third-order valence-corrected chi connectivity index (χ3v) is 3.12. The Labute approximate surface area is 110 Å². The number of carbonyl (C=O) groups excluding carboxylic acids is 1. The van der Waals surface area contributed by atoms with Gasteiger partial charge in [-0.25, -0.2) is 4.98 Å². The molecule has 0 fully saturated rings. The molecule has 18 heavy (non-hydrogen) atoms. The molecule has 1 N–H and O–H groups in total. The van der Waals surface area contributed by atoms with Crippen molar-refractivity contribution in [3.63, 3.8) is 0 Å². The van der Waals surface area contributed by atoms with Crippen molar-refractivity contribution in [3.8, 4) is 0 Å². The maximum Gasteiger partial charge on any atom is 0.230 e. The Balaban J connectivity index is 2.07. The largest absolute Gasteiger partial charge is 0.376 e. The summed E-state index contributed by atoms with van der Waals surface area (Å²) in [6.07, 6.45) is 0.311. The number of anilines is 2. The van der Waals surface area contributed by atoms with Gasteiger partial charge in [0.15, 0.2) is 0 Å². The molecule has 2 rings (SSSR count). The maximum absolute atomic E-state index is 11.9. The van der Waals surface area contributed by atoms with Crippen molar-refractivity contribution in [2.45, 2.75) is 6.42 Å². The van der Waals surface area contributed by atoms with Crippen LogP contribution < -0.4 is 10.2 Å². The minimum atomic E-state index is -0.0461. The minimum absolute atomic E-state index is 0.0461. The average molecular weight is 261 g/mol. The summed E-state index contributed by atoms with van der Waals surface area (Å²) in [6.45, 7) is 0. The lowest BCUT2D eigenvalue weighted by Gasteiger charge is -2.17. The van der Waals surface area contributed by atoms with Crippen LogP contribution in [0.15, 0.2) is 35.2 Å². The molecule has 0 saturated carbocycles. The molecular weight excluding hydrogens is 246 g/mol. The normalized spacial score (nSPS) is 10.1. The average Bonchev–Trinajstić information content (AvgIpc) is 2.82. The van der Waals surface area contributed by atoms with Gasteiger partial charge in [0, 0.05) is 19.5 Å². The number of carbonyl (C=O) groups is 1. The molecule has 0 aliphatic heterocycles. The highest BCUT2D eigenvalue weighted by Gasteiger charge is 2.09. The van der Waals surface area contributed by atoms with E-state index in [1.807, 2.05) is 48.6 Å². The maximum atomic E-state index is 11.9. The minimum Gasteiger partial charge on any atom is -0.376 e. The molecule has 2 aromatic rings. The van der Waals surface area contributed by atoms with E-state index >= 15 is 0 Å². The zero-order valence-electron chi connectivity index (χ0n) is 10.4. The summed E-state index contributed by atoms with van der Waals surface area (Å²) < 4.78 is 0. The lowest BCUT2D eigenvalue weighted by molar-refractivity contribution is -0.115. The predicted molar refractivity (Wildman–Crippen MR) is 75.2 cm³/mol. The smallest absolute Gasteiger partial charge is 0.230 e. The highest BCUT2D eigenvalue weighted by atomic mass is 32.1. The molecule has 1 heterocycles. The molecule has 0 unspecified atom stereocenters. The topological polar surface area (TPSA) is 45.2 Å². The number of nitrogens with one attached hydrogen (secondary N) is 1. The first-order valence-electron chi connectivity index (χ1n) is 5.60. The zero-order valence-corrected chi connectivity index (χ0v) is 11.2. The summed E-state index contributed by atoms with van der Waals surface area (Å²) in [6, 6.07) is 7.73. The van der Waals surface area contributed by atoms with E-state index in [9.17, 15) is 4.79 Å². The Kier molecular flexibility index (Phi) is 3.94. The van der Waals surface area contributed by atoms with Crippen LogP contribution in [-0.2, 0) is 11.2 Å². The van der Waals surface area contributed by atoms with Crippen LogP contribution in [0.1, 0.15) is 5.69 Å². The van der Waals surface area contributed by atoms with Crippen LogP contribution in [0, 0.1) is 0 Å². The third-order valence-electron chi connectivity index (χ3n) is 2.49. The van der Waals surface area contributed by atoms with Crippen molar-refractivity contribution in [2.24, 2.45) is 0 Å². The van der Waals surface area contributed by atoms with Crippen molar-refractivity contribution in [3.05, 3.63) is 40.8 Å². The lowest BCUT2D eigenvalue weighted by Crippen LogP contribution is -2.18. The van der Waals surface area contributed by atoms with Gasteiger partial charge in [-0.1, -0.05) is 12.1 Å². The number of aromatic nitrogens is 1.